The first-order valence-corrected chi connectivity index (χ1v) is 9.53. The quantitative estimate of drug-likeness (QED) is 0.259. The summed E-state index contributed by atoms with van der Waals surface area (Å²) in [7, 11) is 1.33. The molecule has 0 N–H and O–H groups in total. The van der Waals surface area contributed by atoms with Gasteiger partial charge in [0.25, 0.3) is 17.3 Å². The molecule has 0 aliphatic carbocycles. The molecule has 1 unspecified atom stereocenters. The average molecular weight is 458 g/mol. The third kappa shape index (κ3) is 5.03. The molecule has 13 heteroatoms. The molecule has 0 spiro atoms. The van der Waals surface area contributed by atoms with Gasteiger partial charge in [-0.25, -0.2) is 4.79 Å². The van der Waals surface area contributed by atoms with Gasteiger partial charge in [-0.15, -0.1) is 10.2 Å². The van der Waals surface area contributed by atoms with Gasteiger partial charge in [-0.1, -0.05) is 0 Å². The molecule has 0 bridgehead atoms. The molecule has 0 fully saturated rings. The molecule has 0 radical (unpaired) electrons. The zero-order valence-corrected chi connectivity index (χ0v) is 17.7. The molecule has 0 aliphatic heterocycles. The van der Waals surface area contributed by atoms with Crippen molar-refractivity contribution in [3.05, 3.63) is 68.1 Å². The maximum atomic E-state index is 12.7. The SMILES string of the molecule is CCOc1cc([N+](=O)[O-])c(C(=O)OC(C)c2nnc(-c3ccc([N+](=O)[O-])cc3)o2)cc1OC. The topological polar surface area (TPSA) is 170 Å². The lowest BCUT2D eigenvalue weighted by Gasteiger charge is -2.13. The van der Waals surface area contributed by atoms with E-state index >= 15 is 0 Å². The second-order valence-electron chi connectivity index (χ2n) is 6.51. The number of hydrogen-bond acceptors (Lipinski definition) is 11. The van der Waals surface area contributed by atoms with E-state index in [4.69, 9.17) is 18.6 Å². The Morgan fingerprint density at radius 3 is 2.36 bits per heavy atom. The smallest absolute Gasteiger partial charge is 0.346 e. The van der Waals surface area contributed by atoms with Crippen LogP contribution in [0.25, 0.3) is 11.5 Å². The molecule has 0 saturated heterocycles. The van der Waals surface area contributed by atoms with Crippen LogP contribution in [0.15, 0.2) is 40.8 Å². The highest BCUT2D eigenvalue weighted by atomic mass is 16.6. The Morgan fingerprint density at radius 1 is 1.09 bits per heavy atom. The lowest BCUT2D eigenvalue weighted by molar-refractivity contribution is -0.385. The number of carbonyl (C=O) groups is 1. The zero-order valence-electron chi connectivity index (χ0n) is 17.7. The van der Waals surface area contributed by atoms with Gasteiger partial charge in [0, 0.05) is 23.8 Å². The van der Waals surface area contributed by atoms with Gasteiger partial charge < -0.3 is 18.6 Å². The van der Waals surface area contributed by atoms with Gasteiger partial charge in [-0.05, 0) is 26.0 Å². The highest BCUT2D eigenvalue weighted by Gasteiger charge is 2.28. The molecule has 2 aromatic carbocycles. The fraction of sp³-hybridized carbons (Fsp3) is 0.250. The predicted molar refractivity (Wildman–Crippen MR) is 111 cm³/mol. The van der Waals surface area contributed by atoms with Gasteiger partial charge in [-0.2, -0.15) is 0 Å². The Morgan fingerprint density at radius 2 is 1.79 bits per heavy atom. The number of esters is 1. The van der Waals surface area contributed by atoms with E-state index in [0.29, 0.717) is 5.56 Å². The second kappa shape index (κ2) is 9.72. The van der Waals surface area contributed by atoms with E-state index < -0.39 is 27.6 Å². The van der Waals surface area contributed by atoms with Crippen LogP contribution in [0, 0.1) is 20.2 Å². The Kier molecular flexibility index (Phi) is 6.81. The number of aromatic nitrogens is 2. The summed E-state index contributed by atoms with van der Waals surface area (Å²) in [5.41, 5.74) is -0.547. The van der Waals surface area contributed by atoms with Crippen molar-refractivity contribution in [2.75, 3.05) is 13.7 Å². The van der Waals surface area contributed by atoms with Crippen molar-refractivity contribution in [2.24, 2.45) is 0 Å². The Bertz CT molecular complexity index is 1190. The lowest BCUT2D eigenvalue weighted by Crippen LogP contribution is -2.12. The normalized spacial score (nSPS) is 11.5. The van der Waals surface area contributed by atoms with Crippen molar-refractivity contribution >= 4 is 17.3 Å². The third-order valence-electron chi connectivity index (χ3n) is 4.40. The van der Waals surface area contributed by atoms with Crippen LogP contribution >= 0.6 is 0 Å². The number of ether oxygens (including phenoxy) is 3. The predicted octanol–water partition coefficient (Wildman–Crippen LogP) is 3.88. The first-order chi connectivity index (χ1) is 15.7. The molecular formula is C20H18N4O9. The van der Waals surface area contributed by atoms with Gasteiger partial charge in [-0.3, -0.25) is 20.2 Å². The molecule has 0 saturated carbocycles. The molecule has 3 aromatic rings. The second-order valence-corrected chi connectivity index (χ2v) is 6.51. The minimum atomic E-state index is -1.05. The third-order valence-corrected chi connectivity index (χ3v) is 4.40. The number of rotatable bonds is 9. The van der Waals surface area contributed by atoms with Gasteiger partial charge in [0.15, 0.2) is 17.6 Å². The minimum Gasteiger partial charge on any atom is -0.493 e. The highest BCUT2D eigenvalue weighted by molar-refractivity contribution is 5.95. The van der Waals surface area contributed by atoms with Crippen LogP contribution in [-0.4, -0.2) is 39.7 Å². The van der Waals surface area contributed by atoms with E-state index in [1.165, 1.54) is 38.3 Å². The van der Waals surface area contributed by atoms with Crippen LogP contribution in [0.3, 0.4) is 0 Å². The average Bonchev–Trinajstić information content (AvgIpc) is 3.29. The Labute approximate surface area is 186 Å². The van der Waals surface area contributed by atoms with Crippen LogP contribution in [0.4, 0.5) is 11.4 Å². The maximum absolute atomic E-state index is 12.7. The summed E-state index contributed by atoms with van der Waals surface area (Å²) in [6, 6.07) is 7.67. The van der Waals surface area contributed by atoms with E-state index in [9.17, 15) is 25.0 Å². The van der Waals surface area contributed by atoms with E-state index in [1.54, 1.807) is 6.92 Å². The first kappa shape index (κ1) is 23.1. The number of methoxy groups -OCH3 is 1. The summed E-state index contributed by atoms with van der Waals surface area (Å²) in [6.07, 6.45) is -1.05. The van der Waals surface area contributed by atoms with E-state index in [1.807, 2.05) is 0 Å². The number of benzene rings is 2. The molecule has 33 heavy (non-hydrogen) atoms. The molecule has 13 nitrogen and oxygen atoms in total. The van der Waals surface area contributed by atoms with Gasteiger partial charge in [0.05, 0.1) is 29.6 Å². The van der Waals surface area contributed by atoms with Gasteiger partial charge in [0.1, 0.15) is 5.56 Å². The van der Waals surface area contributed by atoms with Gasteiger partial charge in [0.2, 0.25) is 5.89 Å². The summed E-state index contributed by atoms with van der Waals surface area (Å²) < 4.78 is 21.2. The highest BCUT2D eigenvalue weighted by Crippen LogP contribution is 2.36. The minimum absolute atomic E-state index is 0.0523. The molecule has 172 valence electrons. The molecule has 0 aliphatic rings. The van der Waals surface area contributed by atoms with Crippen molar-refractivity contribution in [1.29, 1.82) is 0 Å². The van der Waals surface area contributed by atoms with Crippen molar-refractivity contribution in [3.63, 3.8) is 0 Å². The lowest BCUT2D eigenvalue weighted by atomic mass is 10.1. The number of nitrogens with zero attached hydrogens (tertiary/aromatic N) is 4. The Balaban J connectivity index is 1.82. The van der Waals surface area contributed by atoms with Crippen molar-refractivity contribution in [1.82, 2.24) is 10.2 Å². The van der Waals surface area contributed by atoms with E-state index in [2.05, 4.69) is 10.2 Å². The van der Waals surface area contributed by atoms with Crippen molar-refractivity contribution in [3.8, 4) is 23.0 Å². The number of carbonyl (C=O) groups excluding carboxylic acids is 1. The number of hydrogen-bond donors (Lipinski definition) is 0. The maximum Gasteiger partial charge on any atom is 0.346 e. The standard InChI is InChI=1S/C20H18N4O9/c1-4-31-17-10-15(24(28)29)14(9-16(17)30-3)20(25)32-11(2)18-21-22-19(33-18)12-5-7-13(8-6-12)23(26)27/h5-11H,4H2,1-3H3. The monoisotopic (exact) mass is 458 g/mol. The Hall–Kier alpha value is -4.55. The van der Waals surface area contributed by atoms with Crippen molar-refractivity contribution < 1.29 is 33.3 Å². The summed E-state index contributed by atoms with van der Waals surface area (Å²) in [5.74, 6) is -0.791. The van der Waals surface area contributed by atoms with E-state index in [-0.39, 0.29) is 41.1 Å². The summed E-state index contributed by atoms with van der Waals surface area (Å²) in [4.78, 5) is 33.7. The van der Waals surface area contributed by atoms with Crippen LogP contribution in [0.5, 0.6) is 11.5 Å². The summed E-state index contributed by atoms with van der Waals surface area (Å²) in [5, 5.41) is 29.9. The van der Waals surface area contributed by atoms with E-state index in [0.717, 1.165) is 12.1 Å². The molecule has 3 rings (SSSR count). The van der Waals surface area contributed by atoms with Crippen LogP contribution in [0.1, 0.15) is 36.2 Å². The zero-order chi connectivity index (χ0) is 24.1. The first-order valence-electron chi connectivity index (χ1n) is 9.53. The van der Waals surface area contributed by atoms with Crippen LogP contribution in [0.2, 0.25) is 0 Å². The molecule has 1 heterocycles. The number of nitro benzene ring substituents is 2. The van der Waals surface area contributed by atoms with Crippen LogP contribution < -0.4 is 9.47 Å². The fourth-order valence-corrected chi connectivity index (χ4v) is 2.81. The molecule has 1 aromatic heterocycles. The number of nitro groups is 2. The molecule has 1 atom stereocenters. The fourth-order valence-electron chi connectivity index (χ4n) is 2.81. The molecule has 0 amide bonds. The summed E-state index contributed by atoms with van der Waals surface area (Å²) in [6.45, 7) is 3.38. The largest absolute Gasteiger partial charge is 0.493 e. The summed E-state index contributed by atoms with van der Waals surface area (Å²) >= 11 is 0. The number of non-ortho nitro benzene ring substituents is 1. The van der Waals surface area contributed by atoms with Crippen molar-refractivity contribution in [2.45, 2.75) is 20.0 Å². The van der Waals surface area contributed by atoms with Gasteiger partial charge >= 0.3 is 5.97 Å². The van der Waals surface area contributed by atoms with Crippen LogP contribution in [-0.2, 0) is 4.74 Å². The molecular weight excluding hydrogens is 440 g/mol.